The first kappa shape index (κ1) is 40.8. The van der Waals surface area contributed by atoms with Gasteiger partial charge in [-0.2, -0.15) is 13.2 Å². The topological polar surface area (TPSA) is 104 Å². The van der Waals surface area contributed by atoms with Crippen molar-refractivity contribution in [2.45, 2.75) is 154 Å². The van der Waals surface area contributed by atoms with Crippen LogP contribution in [0.2, 0.25) is 0 Å². The van der Waals surface area contributed by atoms with E-state index in [1.165, 1.54) is 31.4 Å². The van der Waals surface area contributed by atoms with Gasteiger partial charge < -0.3 is 19.8 Å². The Hall–Kier alpha value is -2.98. The molecule has 11 aliphatic carbocycles. The number of carbonyl (C=O) groups excluding carboxylic acids is 3. The zero-order valence-corrected chi connectivity index (χ0v) is 36.6. The molecular formula is C51H64F3NO6. The molecule has 1 aliphatic heterocycles. The summed E-state index contributed by atoms with van der Waals surface area (Å²) in [4.78, 5) is 46.4. The number of nitrogens with zero attached hydrogens (tertiary/aromatic N) is 1. The molecule has 1 heterocycles. The summed E-state index contributed by atoms with van der Waals surface area (Å²) in [6, 6.07) is 4.75. The van der Waals surface area contributed by atoms with Gasteiger partial charge in [-0.15, -0.1) is 0 Å². The van der Waals surface area contributed by atoms with Crippen LogP contribution in [0, 0.1) is 67.5 Å². The van der Waals surface area contributed by atoms with Crippen molar-refractivity contribution in [2.24, 2.45) is 67.5 Å². The molecule has 0 aromatic heterocycles. The second-order valence-corrected chi connectivity index (χ2v) is 24.0. The van der Waals surface area contributed by atoms with Crippen LogP contribution in [0.5, 0.6) is 0 Å². The summed E-state index contributed by atoms with van der Waals surface area (Å²) in [5.74, 6) is 0.766. The zero-order valence-electron chi connectivity index (χ0n) is 36.6. The number of ether oxygens (including phenoxy) is 1. The van der Waals surface area contributed by atoms with Crippen molar-refractivity contribution in [1.82, 2.24) is 4.90 Å². The minimum Gasteiger partial charge on any atom is -0.448 e. The molecule has 0 radical (unpaired) electrons. The monoisotopic (exact) mass is 843 g/mol. The summed E-state index contributed by atoms with van der Waals surface area (Å²) in [6.45, 7) is 11.0. The highest BCUT2D eigenvalue weighted by Gasteiger charge is 2.78. The Morgan fingerprint density at radius 2 is 1.46 bits per heavy atom. The lowest BCUT2D eigenvalue weighted by Gasteiger charge is -2.71. The van der Waals surface area contributed by atoms with Crippen LogP contribution < -0.4 is 0 Å². The normalized spacial score (nSPS) is 49.3. The Bertz CT molecular complexity index is 2160. The third-order valence-electron chi connectivity index (χ3n) is 21.3. The number of Topliss-reactive ketones (excluding diaryl/α,β-unsaturated/α-hetero) is 1. The van der Waals surface area contributed by atoms with E-state index in [1.54, 1.807) is 0 Å². The highest BCUT2D eigenvalue weighted by atomic mass is 19.4. The predicted molar refractivity (Wildman–Crippen MR) is 221 cm³/mol. The van der Waals surface area contributed by atoms with E-state index in [-0.39, 0.29) is 46.7 Å². The second kappa shape index (κ2) is 12.2. The van der Waals surface area contributed by atoms with Gasteiger partial charge in [0.05, 0.1) is 29.2 Å². The van der Waals surface area contributed by atoms with E-state index in [9.17, 15) is 28.2 Å². The van der Waals surface area contributed by atoms with Crippen LogP contribution in [0.4, 0.5) is 13.2 Å². The molecule has 7 nitrogen and oxygen atoms in total. The first-order chi connectivity index (χ1) is 28.5. The molecule has 10 heteroatoms. The zero-order chi connectivity index (χ0) is 43.2. The molecule has 2 N–H and O–H groups in total. The smallest absolute Gasteiger partial charge is 0.416 e. The molecule has 9 fully saturated rings. The van der Waals surface area contributed by atoms with Gasteiger partial charge in [0, 0.05) is 39.3 Å². The summed E-state index contributed by atoms with van der Waals surface area (Å²) < 4.78 is 48.6. The highest BCUT2D eigenvalue weighted by molar-refractivity contribution is 6.10. The Kier molecular flexibility index (Phi) is 8.17. The molecule has 1 aromatic carbocycles. The molecule has 61 heavy (non-hydrogen) atoms. The van der Waals surface area contributed by atoms with Gasteiger partial charge in [0.2, 0.25) is 0 Å². The number of rotatable bonds is 7. The number of halogens is 3. The Balaban J connectivity index is 1.00. The van der Waals surface area contributed by atoms with Gasteiger partial charge in [-0.1, -0.05) is 58.1 Å². The number of allylic oxidation sites excluding steroid dienone is 4. The Labute approximate surface area is 358 Å². The van der Waals surface area contributed by atoms with E-state index >= 15 is 9.59 Å². The van der Waals surface area contributed by atoms with Crippen molar-refractivity contribution in [2.75, 3.05) is 13.1 Å². The number of benzene rings is 1. The maximum absolute atomic E-state index is 15.7. The first-order valence-corrected chi connectivity index (χ1v) is 23.6. The number of amides is 1. The van der Waals surface area contributed by atoms with Crippen LogP contribution >= 0.6 is 0 Å². The van der Waals surface area contributed by atoms with Crippen molar-refractivity contribution in [3.8, 4) is 0 Å². The van der Waals surface area contributed by atoms with Gasteiger partial charge in [-0.25, -0.2) is 0 Å². The van der Waals surface area contributed by atoms with Gasteiger partial charge in [-0.05, 0) is 156 Å². The van der Waals surface area contributed by atoms with Crippen molar-refractivity contribution in [1.29, 1.82) is 0 Å². The van der Waals surface area contributed by atoms with Crippen LogP contribution in [0.25, 0.3) is 0 Å². The summed E-state index contributed by atoms with van der Waals surface area (Å²) in [6.07, 6.45) is 13.4. The van der Waals surface area contributed by atoms with Crippen LogP contribution in [-0.2, 0) is 20.5 Å². The van der Waals surface area contributed by atoms with Crippen molar-refractivity contribution >= 4 is 17.7 Å². The lowest BCUT2D eigenvalue weighted by atomic mass is 9.32. The molecule has 12 aliphatic rings. The molecule has 330 valence electrons. The number of alkyl halides is 3. The van der Waals surface area contributed by atoms with E-state index in [4.69, 9.17) is 4.74 Å². The molecule has 1 unspecified atom stereocenters. The Morgan fingerprint density at radius 1 is 0.820 bits per heavy atom. The molecule has 13 rings (SSSR count). The fourth-order valence-corrected chi connectivity index (χ4v) is 18.0. The van der Waals surface area contributed by atoms with Gasteiger partial charge in [-0.3, -0.25) is 14.4 Å². The van der Waals surface area contributed by atoms with Gasteiger partial charge >= 0.3 is 12.1 Å². The largest absolute Gasteiger partial charge is 0.448 e. The van der Waals surface area contributed by atoms with Gasteiger partial charge in [0.1, 0.15) is 0 Å². The van der Waals surface area contributed by atoms with Crippen LogP contribution in [-0.4, -0.2) is 63.2 Å². The molecule has 8 saturated carbocycles. The first-order valence-electron chi connectivity index (χ1n) is 23.6. The van der Waals surface area contributed by atoms with Gasteiger partial charge in [0.25, 0.3) is 5.91 Å². The third-order valence-corrected chi connectivity index (χ3v) is 21.3. The molecule has 1 aromatic rings. The van der Waals surface area contributed by atoms with Crippen LogP contribution in [0.3, 0.4) is 0 Å². The van der Waals surface area contributed by atoms with E-state index in [2.05, 4.69) is 26.0 Å². The SMILES string of the molecule is CC1(C)[C@@]2(C)CC[C@]1(C(=O)N(CC13CC4CC(CC(C4)C1)C3)C[C@]1(O)CC[C@H]3[C@]45C=C[C@@]6(C=C4C(=O)c4cccc(C(F)(F)F)c4)CC(O)CC[C@]6(C)[C@H]5CC[C@@]31C)OC2=O. The van der Waals surface area contributed by atoms with E-state index in [0.29, 0.717) is 81.2 Å². The average molecular weight is 844 g/mol. The average Bonchev–Trinajstić information content (AvgIpc) is 3.64. The van der Waals surface area contributed by atoms with Crippen molar-refractivity contribution in [3.63, 3.8) is 0 Å². The molecule has 1 amide bonds. The second-order valence-electron chi connectivity index (χ2n) is 24.0. The third kappa shape index (κ3) is 4.94. The summed E-state index contributed by atoms with van der Waals surface area (Å²) in [5, 5.41) is 24.8. The highest BCUT2D eigenvalue weighted by Crippen LogP contribution is 2.79. The summed E-state index contributed by atoms with van der Waals surface area (Å²) in [5.41, 5.74) is -7.21. The number of ketones is 1. The minimum atomic E-state index is -4.62. The quantitative estimate of drug-likeness (QED) is 0.161. The van der Waals surface area contributed by atoms with E-state index in [1.807, 2.05) is 31.7 Å². The predicted octanol–water partition coefficient (Wildman–Crippen LogP) is 9.65. The summed E-state index contributed by atoms with van der Waals surface area (Å²) >= 11 is 0. The Morgan fingerprint density at radius 3 is 2.08 bits per heavy atom. The van der Waals surface area contributed by atoms with Crippen LogP contribution in [0.1, 0.15) is 147 Å². The molecule has 8 bridgehead atoms. The number of hydrogen-bond donors (Lipinski definition) is 2. The number of esters is 1. The van der Waals surface area contributed by atoms with Crippen LogP contribution in [0.15, 0.2) is 48.1 Å². The van der Waals surface area contributed by atoms with Gasteiger partial charge in [0.15, 0.2) is 11.4 Å². The maximum Gasteiger partial charge on any atom is 0.416 e. The van der Waals surface area contributed by atoms with Crippen molar-refractivity contribution in [3.05, 3.63) is 59.2 Å². The standard InChI is InChI=1S/C51H64F3NO6/c1-42(2)45(5)15-18-50(42,61-41(45)59)40(58)55(28-46-23-30-19-31(24-46)21-32(20-30)25-46)29-48(60)14-11-38-44(48,4)13-10-37-43(3)12-9-35(56)26-47(43)16-17-49(37,38)36(27-47)39(57)33-7-6-8-34(22-33)51(52,53)54/h6-8,16-17,22,27,30-32,35,37-38,56,60H,9-15,18-21,23-26,28-29H2,1-5H3/t30?,31?,32?,35?,37-,38-,43-,44+,45+,46?,47+,48-,49-,50-/m1/s1. The number of fused-ring (bicyclic) bond motifs is 3. The lowest BCUT2D eigenvalue weighted by Crippen LogP contribution is -2.68. The van der Waals surface area contributed by atoms with E-state index < -0.39 is 61.9 Å². The molecule has 2 spiro atoms. The molecule has 1 saturated heterocycles. The fraction of sp³-hybridized carbons (Fsp3) is 0.745. The molecular weight excluding hydrogens is 780 g/mol. The number of aliphatic hydroxyl groups excluding tert-OH is 1. The number of carbonyl (C=O) groups is 3. The van der Waals surface area contributed by atoms with Crippen molar-refractivity contribution < 1.29 is 42.5 Å². The van der Waals surface area contributed by atoms with E-state index in [0.717, 1.165) is 37.8 Å². The lowest BCUT2D eigenvalue weighted by molar-refractivity contribution is -0.191. The summed E-state index contributed by atoms with van der Waals surface area (Å²) in [7, 11) is 0. The number of aliphatic hydroxyl groups is 2. The fourth-order valence-electron chi connectivity index (χ4n) is 18.0. The number of hydrogen-bond acceptors (Lipinski definition) is 6. The minimum absolute atomic E-state index is 0.00552. The molecule has 10 atom stereocenters. The maximum atomic E-state index is 15.7.